The van der Waals surface area contributed by atoms with E-state index in [9.17, 15) is 8.78 Å². The first kappa shape index (κ1) is 13.3. The summed E-state index contributed by atoms with van der Waals surface area (Å²) in [6, 6.07) is 3.05. The van der Waals surface area contributed by atoms with E-state index in [1.54, 1.807) is 0 Å². The molecule has 0 fully saturated rings. The van der Waals surface area contributed by atoms with Crippen molar-refractivity contribution in [3.8, 4) is 5.75 Å². The summed E-state index contributed by atoms with van der Waals surface area (Å²) in [5.41, 5.74) is 0. The van der Waals surface area contributed by atoms with Crippen LogP contribution in [0.1, 0.15) is 0 Å². The number of thiol groups is 1. The Labute approximate surface area is 102 Å². The molecule has 0 aliphatic rings. The third-order valence-electron chi connectivity index (χ3n) is 1.35. The molecule has 0 heterocycles. The Morgan fingerprint density at radius 1 is 1.33 bits per heavy atom. The van der Waals surface area contributed by atoms with E-state index in [2.05, 4.69) is 12.6 Å². The molecule has 0 radical (unpaired) electrons. The van der Waals surface area contributed by atoms with Crippen LogP contribution in [-0.2, 0) is 11.8 Å². The Morgan fingerprint density at radius 3 is 2.47 bits per heavy atom. The fourth-order valence-corrected chi connectivity index (χ4v) is 4.57. The first-order valence-electron chi connectivity index (χ1n) is 4.03. The highest BCUT2D eigenvalue weighted by molar-refractivity contribution is 8.62. The van der Waals surface area contributed by atoms with Crippen molar-refractivity contribution in [1.82, 2.24) is 0 Å². The van der Waals surface area contributed by atoms with E-state index in [4.69, 9.17) is 16.3 Å². The van der Waals surface area contributed by atoms with Gasteiger partial charge in [-0.2, -0.15) is 12.6 Å². The van der Waals surface area contributed by atoms with Crippen LogP contribution in [0, 0.1) is 11.6 Å². The van der Waals surface area contributed by atoms with Crippen LogP contribution in [0.4, 0.5) is 8.78 Å². The molecule has 0 spiro atoms. The normalized spacial score (nSPS) is 12.5. The highest BCUT2D eigenvalue weighted by Gasteiger charge is 2.03. The molecule has 1 atom stereocenters. The lowest BCUT2D eigenvalue weighted by molar-refractivity contribution is 0.558. The zero-order valence-corrected chi connectivity index (χ0v) is 11.1. The lowest BCUT2D eigenvalue weighted by Gasteiger charge is -2.07. The fraction of sp³-hybridized carbons (Fsp3) is 0.250. The zero-order chi connectivity index (χ0) is 11.3. The van der Waals surface area contributed by atoms with Crippen molar-refractivity contribution >= 4 is 41.9 Å². The third kappa shape index (κ3) is 5.20. The average molecular weight is 286 g/mol. The van der Waals surface area contributed by atoms with E-state index in [1.807, 2.05) is 0 Å². The molecule has 0 aromatic heterocycles. The fourth-order valence-electron chi connectivity index (χ4n) is 0.842. The lowest BCUT2D eigenvalue weighted by atomic mass is 10.3. The molecule has 7 heteroatoms. The van der Waals surface area contributed by atoms with Gasteiger partial charge >= 0.3 is 0 Å². The van der Waals surface area contributed by atoms with Gasteiger partial charge in [0.1, 0.15) is 17.4 Å². The standard InChI is InChI=1S/C8H9F2OPS3/c9-6-3-7(10)5-8(4-6)11-12(14)15-2-1-13/h3-5,12-13H,1-2H2. The van der Waals surface area contributed by atoms with Crippen LogP contribution >= 0.6 is 30.1 Å². The molecular formula is C8H9F2OPS3. The predicted octanol–water partition coefficient (Wildman–Crippen LogP) is 3.51. The minimum absolute atomic E-state index is 0.156. The second kappa shape index (κ2) is 6.74. The summed E-state index contributed by atoms with van der Waals surface area (Å²) >= 11 is 10.5. The Balaban J connectivity index is 2.60. The van der Waals surface area contributed by atoms with E-state index >= 15 is 0 Å². The largest absolute Gasteiger partial charge is 0.459 e. The molecule has 0 bridgehead atoms. The summed E-state index contributed by atoms with van der Waals surface area (Å²) in [6.45, 7) is 0. The summed E-state index contributed by atoms with van der Waals surface area (Å²) in [4.78, 5) is 0. The molecule has 0 N–H and O–H groups in total. The monoisotopic (exact) mass is 286 g/mol. The van der Waals surface area contributed by atoms with Crippen LogP contribution in [0.3, 0.4) is 0 Å². The number of halogens is 2. The summed E-state index contributed by atoms with van der Waals surface area (Å²) in [5.74, 6) is 0.320. The van der Waals surface area contributed by atoms with Crippen LogP contribution in [0.15, 0.2) is 18.2 Å². The number of benzene rings is 1. The molecule has 15 heavy (non-hydrogen) atoms. The van der Waals surface area contributed by atoms with Gasteiger partial charge in [0.15, 0.2) is 6.13 Å². The molecule has 1 aromatic rings. The van der Waals surface area contributed by atoms with Crippen LogP contribution in [0.5, 0.6) is 5.75 Å². The highest BCUT2D eigenvalue weighted by Crippen LogP contribution is 2.40. The summed E-state index contributed by atoms with van der Waals surface area (Å²) in [6.07, 6.45) is -1.52. The van der Waals surface area contributed by atoms with Gasteiger partial charge in [0.05, 0.1) is 0 Å². The molecule has 84 valence electrons. The van der Waals surface area contributed by atoms with Gasteiger partial charge in [-0.15, -0.1) is 0 Å². The molecule has 0 aliphatic carbocycles. The van der Waals surface area contributed by atoms with Crippen molar-refractivity contribution < 1.29 is 13.3 Å². The smallest absolute Gasteiger partial charge is 0.156 e. The van der Waals surface area contributed by atoms with Crippen molar-refractivity contribution in [1.29, 1.82) is 0 Å². The molecule has 1 nitrogen and oxygen atoms in total. The zero-order valence-electron chi connectivity index (χ0n) is 7.57. The molecule has 0 aliphatic heterocycles. The maximum atomic E-state index is 12.8. The maximum Gasteiger partial charge on any atom is 0.156 e. The van der Waals surface area contributed by atoms with Gasteiger partial charge in [0, 0.05) is 24.0 Å². The minimum atomic E-state index is -1.52. The average Bonchev–Trinajstić information content (AvgIpc) is 2.13. The Hall–Kier alpha value is 0.230. The quantitative estimate of drug-likeness (QED) is 0.655. The second-order valence-corrected chi connectivity index (χ2v) is 8.24. The number of rotatable bonds is 5. The van der Waals surface area contributed by atoms with Crippen molar-refractivity contribution in [2.75, 3.05) is 11.5 Å². The molecule has 1 unspecified atom stereocenters. The van der Waals surface area contributed by atoms with Crippen LogP contribution in [0.25, 0.3) is 0 Å². The topological polar surface area (TPSA) is 9.23 Å². The summed E-state index contributed by atoms with van der Waals surface area (Å²) in [7, 11) is 0. The molecule has 1 aromatic carbocycles. The Kier molecular flexibility index (Phi) is 5.97. The SMILES string of the molecule is Fc1cc(F)cc(O[PH](=S)SCCS)c1. The van der Waals surface area contributed by atoms with E-state index < -0.39 is 17.8 Å². The van der Waals surface area contributed by atoms with E-state index in [0.29, 0.717) is 5.75 Å². The van der Waals surface area contributed by atoms with E-state index in [1.165, 1.54) is 11.4 Å². The van der Waals surface area contributed by atoms with Crippen molar-refractivity contribution in [3.05, 3.63) is 29.8 Å². The minimum Gasteiger partial charge on any atom is -0.459 e. The third-order valence-corrected chi connectivity index (χ3v) is 5.80. The highest BCUT2D eigenvalue weighted by atomic mass is 32.9. The van der Waals surface area contributed by atoms with Gasteiger partial charge in [-0.1, -0.05) is 11.4 Å². The van der Waals surface area contributed by atoms with Gasteiger partial charge < -0.3 is 4.52 Å². The van der Waals surface area contributed by atoms with Gasteiger partial charge in [-0.25, -0.2) is 8.78 Å². The Bertz CT molecular complexity index is 341. The maximum absolute atomic E-state index is 12.8. The summed E-state index contributed by atoms with van der Waals surface area (Å²) in [5, 5.41) is 0. The molecular weight excluding hydrogens is 277 g/mol. The number of hydrogen-bond acceptors (Lipinski definition) is 4. The Morgan fingerprint density at radius 2 is 1.93 bits per heavy atom. The van der Waals surface area contributed by atoms with Gasteiger partial charge in [0.2, 0.25) is 0 Å². The van der Waals surface area contributed by atoms with Crippen LogP contribution in [-0.4, -0.2) is 11.5 Å². The first-order valence-corrected chi connectivity index (χ1v) is 8.92. The first-order chi connectivity index (χ1) is 7.11. The van der Waals surface area contributed by atoms with Crippen molar-refractivity contribution in [2.45, 2.75) is 0 Å². The van der Waals surface area contributed by atoms with Crippen LogP contribution < -0.4 is 4.52 Å². The molecule has 0 saturated carbocycles. The van der Waals surface area contributed by atoms with Gasteiger partial charge in [-0.3, -0.25) is 0 Å². The van der Waals surface area contributed by atoms with E-state index in [-0.39, 0.29) is 5.75 Å². The summed E-state index contributed by atoms with van der Waals surface area (Å²) < 4.78 is 30.8. The predicted molar refractivity (Wildman–Crippen MR) is 69.0 cm³/mol. The van der Waals surface area contributed by atoms with Crippen molar-refractivity contribution in [2.24, 2.45) is 0 Å². The molecule has 0 amide bonds. The van der Waals surface area contributed by atoms with Crippen molar-refractivity contribution in [3.63, 3.8) is 0 Å². The van der Waals surface area contributed by atoms with Gasteiger partial charge in [0.25, 0.3) is 0 Å². The van der Waals surface area contributed by atoms with Crippen LogP contribution in [0.2, 0.25) is 0 Å². The van der Waals surface area contributed by atoms with E-state index in [0.717, 1.165) is 24.0 Å². The lowest BCUT2D eigenvalue weighted by Crippen LogP contribution is -1.85. The molecule has 0 saturated heterocycles. The molecule has 1 rings (SSSR count). The number of hydrogen-bond donors (Lipinski definition) is 1. The second-order valence-electron chi connectivity index (χ2n) is 2.53. The van der Waals surface area contributed by atoms with Gasteiger partial charge in [-0.05, 0) is 17.6 Å².